The summed E-state index contributed by atoms with van der Waals surface area (Å²) in [6.45, 7) is 3.54. The minimum absolute atomic E-state index is 0.362. The normalized spacial score (nSPS) is 8.62. The van der Waals surface area contributed by atoms with Crippen LogP contribution in [-0.2, 0) is 4.79 Å². The van der Waals surface area contributed by atoms with Crippen molar-refractivity contribution in [1.82, 2.24) is 0 Å². The van der Waals surface area contributed by atoms with Gasteiger partial charge >= 0.3 is 0 Å². The van der Waals surface area contributed by atoms with Crippen molar-refractivity contribution >= 4 is 18.1 Å². The zero-order chi connectivity index (χ0) is 9.68. The van der Waals surface area contributed by atoms with Crippen LogP contribution in [0.1, 0.15) is 15.9 Å². The van der Waals surface area contributed by atoms with Gasteiger partial charge in [-0.1, -0.05) is 30.9 Å². The lowest BCUT2D eigenvalue weighted by Crippen LogP contribution is -1.96. The molecule has 0 spiro atoms. The highest BCUT2D eigenvalue weighted by Gasteiger charge is 2.06. The zero-order valence-electron chi connectivity index (χ0n) is 6.86. The topological polar surface area (TPSA) is 46.5 Å². The van der Waals surface area contributed by atoms with Crippen molar-refractivity contribution in [3.8, 4) is 0 Å². The van der Waals surface area contributed by atoms with Gasteiger partial charge in [-0.05, 0) is 11.6 Å². The monoisotopic (exact) mass is 173 g/mol. The molecule has 1 aromatic carbocycles. The Kier molecular flexibility index (Phi) is 2.90. The molecule has 3 heteroatoms. The van der Waals surface area contributed by atoms with Crippen LogP contribution in [0.2, 0.25) is 0 Å². The van der Waals surface area contributed by atoms with Gasteiger partial charge < -0.3 is 0 Å². The van der Waals surface area contributed by atoms with Gasteiger partial charge in [-0.25, -0.2) is 4.79 Å². The SMILES string of the molecule is C=Cc1ccccc1C(=O)N=C=O. The third-order valence-corrected chi connectivity index (χ3v) is 1.56. The van der Waals surface area contributed by atoms with E-state index in [4.69, 9.17) is 0 Å². The van der Waals surface area contributed by atoms with E-state index in [1.165, 1.54) is 12.2 Å². The molecule has 1 rings (SSSR count). The maximum Gasteiger partial charge on any atom is 0.288 e. The van der Waals surface area contributed by atoms with Gasteiger partial charge in [-0.15, -0.1) is 4.99 Å². The van der Waals surface area contributed by atoms with Gasteiger partial charge in [0.05, 0.1) is 0 Å². The number of isocyanates is 1. The minimum Gasteiger partial charge on any atom is -0.266 e. The molecule has 1 amide bonds. The molecule has 0 N–H and O–H groups in total. The minimum atomic E-state index is -0.592. The molecule has 1 aromatic rings. The molecule has 0 atom stereocenters. The first-order valence-electron chi connectivity index (χ1n) is 3.63. The molecule has 0 saturated carbocycles. The second-order valence-corrected chi connectivity index (χ2v) is 2.30. The van der Waals surface area contributed by atoms with Crippen LogP contribution in [0.15, 0.2) is 35.8 Å². The average molecular weight is 173 g/mol. The Balaban J connectivity index is 3.20. The van der Waals surface area contributed by atoms with E-state index in [9.17, 15) is 9.59 Å². The number of hydrogen-bond acceptors (Lipinski definition) is 2. The largest absolute Gasteiger partial charge is 0.288 e. The van der Waals surface area contributed by atoms with E-state index in [-0.39, 0.29) is 0 Å². The Bertz CT molecular complexity index is 390. The molecule has 0 unspecified atom stereocenters. The highest BCUT2D eigenvalue weighted by Crippen LogP contribution is 2.10. The number of hydrogen-bond donors (Lipinski definition) is 0. The number of aliphatic imine (C=N–C) groups is 1. The van der Waals surface area contributed by atoms with E-state index in [2.05, 4.69) is 11.6 Å². The summed E-state index contributed by atoms with van der Waals surface area (Å²) in [4.78, 5) is 24.0. The molecule has 0 saturated heterocycles. The summed E-state index contributed by atoms with van der Waals surface area (Å²) in [5, 5.41) is 0. The van der Waals surface area contributed by atoms with Gasteiger partial charge in [0.1, 0.15) is 0 Å². The van der Waals surface area contributed by atoms with Crippen LogP contribution in [0.4, 0.5) is 0 Å². The van der Waals surface area contributed by atoms with E-state index in [0.29, 0.717) is 11.1 Å². The fourth-order valence-electron chi connectivity index (χ4n) is 0.971. The van der Waals surface area contributed by atoms with Crippen LogP contribution in [0, 0.1) is 0 Å². The molecule has 0 aliphatic rings. The predicted molar refractivity (Wildman–Crippen MR) is 49.0 cm³/mol. The lowest BCUT2D eigenvalue weighted by atomic mass is 10.1. The number of rotatable bonds is 2. The summed E-state index contributed by atoms with van der Waals surface area (Å²) in [5.74, 6) is -0.592. The van der Waals surface area contributed by atoms with Crippen LogP contribution >= 0.6 is 0 Å². The number of amides is 1. The van der Waals surface area contributed by atoms with Crippen molar-refractivity contribution in [3.63, 3.8) is 0 Å². The Labute approximate surface area is 75.4 Å². The standard InChI is InChI=1S/C10H7NO2/c1-2-8-5-3-4-6-9(8)10(13)11-7-12/h2-6H,1H2. The summed E-state index contributed by atoms with van der Waals surface area (Å²) in [7, 11) is 0. The second-order valence-electron chi connectivity index (χ2n) is 2.30. The van der Waals surface area contributed by atoms with Crippen molar-refractivity contribution in [2.75, 3.05) is 0 Å². The smallest absolute Gasteiger partial charge is 0.266 e. The lowest BCUT2D eigenvalue weighted by molar-refractivity contribution is 0.100. The average Bonchev–Trinajstić information content (AvgIpc) is 2.18. The van der Waals surface area contributed by atoms with Crippen LogP contribution in [-0.4, -0.2) is 12.0 Å². The van der Waals surface area contributed by atoms with Crippen LogP contribution < -0.4 is 0 Å². The molecule has 3 nitrogen and oxygen atoms in total. The lowest BCUT2D eigenvalue weighted by Gasteiger charge is -1.98. The molecule has 0 radical (unpaired) electrons. The first-order valence-corrected chi connectivity index (χ1v) is 3.63. The van der Waals surface area contributed by atoms with Crippen LogP contribution in [0.3, 0.4) is 0 Å². The molecule has 0 aliphatic carbocycles. The van der Waals surface area contributed by atoms with Crippen molar-refractivity contribution < 1.29 is 9.59 Å². The number of carbonyl (C=O) groups excluding carboxylic acids is 2. The van der Waals surface area contributed by atoms with Crippen molar-refractivity contribution in [3.05, 3.63) is 42.0 Å². The Morgan fingerprint density at radius 2 is 2.15 bits per heavy atom. The molecule has 64 valence electrons. The van der Waals surface area contributed by atoms with Gasteiger partial charge in [0, 0.05) is 5.56 Å². The molecule has 0 heterocycles. The fourth-order valence-corrected chi connectivity index (χ4v) is 0.971. The molecule has 13 heavy (non-hydrogen) atoms. The third kappa shape index (κ3) is 1.98. The quantitative estimate of drug-likeness (QED) is 0.505. The van der Waals surface area contributed by atoms with Gasteiger partial charge in [0.15, 0.2) is 0 Å². The van der Waals surface area contributed by atoms with Crippen molar-refractivity contribution in [2.45, 2.75) is 0 Å². The van der Waals surface area contributed by atoms with E-state index >= 15 is 0 Å². The summed E-state index contributed by atoms with van der Waals surface area (Å²) in [5.41, 5.74) is 1.02. The van der Waals surface area contributed by atoms with Crippen molar-refractivity contribution in [1.29, 1.82) is 0 Å². The molecule has 0 aromatic heterocycles. The molecular formula is C10H7NO2. The number of benzene rings is 1. The zero-order valence-corrected chi connectivity index (χ0v) is 6.86. The van der Waals surface area contributed by atoms with E-state index < -0.39 is 5.91 Å². The van der Waals surface area contributed by atoms with Gasteiger partial charge in [-0.3, -0.25) is 4.79 Å². The summed E-state index contributed by atoms with van der Waals surface area (Å²) < 4.78 is 0. The molecule has 0 fully saturated rings. The fraction of sp³-hybridized carbons (Fsp3) is 0. The first-order chi connectivity index (χ1) is 6.29. The van der Waals surface area contributed by atoms with E-state index in [1.807, 2.05) is 0 Å². The summed E-state index contributed by atoms with van der Waals surface area (Å²) in [6, 6.07) is 6.78. The summed E-state index contributed by atoms with van der Waals surface area (Å²) in [6.07, 6.45) is 2.74. The predicted octanol–water partition coefficient (Wildman–Crippen LogP) is 1.81. The van der Waals surface area contributed by atoms with Crippen LogP contribution in [0.25, 0.3) is 6.08 Å². The molecular weight excluding hydrogens is 166 g/mol. The highest BCUT2D eigenvalue weighted by atomic mass is 16.2. The molecule has 0 aliphatic heterocycles. The van der Waals surface area contributed by atoms with E-state index in [0.717, 1.165) is 0 Å². The maximum absolute atomic E-state index is 11.1. The number of carbonyl (C=O) groups is 1. The van der Waals surface area contributed by atoms with Gasteiger partial charge in [-0.2, -0.15) is 0 Å². The van der Waals surface area contributed by atoms with Crippen molar-refractivity contribution in [2.24, 2.45) is 4.99 Å². The first kappa shape index (κ1) is 9.10. The second kappa shape index (κ2) is 4.14. The molecule has 0 bridgehead atoms. The summed E-state index contributed by atoms with van der Waals surface area (Å²) >= 11 is 0. The Hall–Kier alpha value is -1.99. The van der Waals surface area contributed by atoms with Crippen LogP contribution in [0.5, 0.6) is 0 Å². The Morgan fingerprint density at radius 1 is 1.46 bits per heavy atom. The maximum atomic E-state index is 11.1. The van der Waals surface area contributed by atoms with E-state index in [1.54, 1.807) is 24.3 Å². The number of nitrogens with zero attached hydrogens (tertiary/aromatic N) is 1. The van der Waals surface area contributed by atoms with Gasteiger partial charge in [0.2, 0.25) is 6.08 Å². The Morgan fingerprint density at radius 3 is 2.77 bits per heavy atom. The van der Waals surface area contributed by atoms with Gasteiger partial charge in [0.25, 0.3) is 5.91 Å². The highest BCUT2D eigenvalue weighted by molar-refractivity contribution is 6.00. The third-order valence-electron chi connectivity index (χ3n) is 1.56.